The van der Waals surface area contributed by atoms with E-state index in [1.807, 2.05) is 23.7 Å². The number of imidazole rings is 1. The van der Waals surface area contributed by atoms with Gasteiger partial charge in [0.15, 0.2) is 0 Å². The molecule has 3 aromatic heterocycles. The first-order valence-electron chi connectivity index (χ1n) is 12.2. The number of aryl methyl sites for hydroxylation is 1. The molecule has 5 aromatic rings. The van der Waals surface area contributed by atoms with E-state index in [0.29, 0.717) is 22.2 Å². The average molecular weight is 534 g/mol. The molecule has 0 aliphatic carbocycles. The van der Waals surface area contributed by atoms with E-state index in [9.17, 15) is 18.0 Å². The Morgan fingerprint density at radius 2 is 1.90 bits per heavy atom. The van der Waals surface area contributed by atoms with Crippen molar-refractivity contribution in [2.75, 3.05) is 11.9 Å². The molecule has 200 valence electrons. The minimum absolute atomic E-state index is 0.209. The van der Waals surface area contributed by atoms with Gasteiger partial charge in [0.2, 0.25) is 0 Å². The van der Waals surface area contributed by atoms with Gasteiger partial charge in [0, 0.05) is 25.6 Å². The Hall–Kier alpha value is -4.60. The lowest BCUT2D eigenvalue weighted by atomic mass is 10.0. The summed E-state index contributed by atoms with van der Waals surface area (Å²) >= 11 is 0. The van der Waals surface area contributed by atoms with Crippen LogP contribution < -0.4 is 15.6 Å². The Balaban J connectivity index is 1.67. The van der Waals surface area contributed by atoms with Gasteiger partial charge in [-0.1, -0.05) is 18.7 Å². The van der Waals surface area contributed by atoms with Crippen molar-refractivity contribution in [3.05, 3.63) is 89.6 Å². The molecule has 10 heteroatoms. The van der Waals surface area contributed by atoms with Crippen LogP contribution in [0.3, 0.4) is 0 Å². The second kappa shape index (κ2) is 9.94. The molecule has 0 saturated carbocycles. The standard InChI is InChI=1S/C29H26F3N5O2/c1-17(2)27(30)39-21-9-5-18(6-10-21)25-26-19(7-12-24(35-26)33-15-29(3,31)32)14-37(28(25)38)20-8-11-22-23(13-20)36(4)16-34-22/h5-14,16,27H,1,15H2,2-4H3,(H,33,35). The summed E-state index contributed by atoms with van der Waals surface area (Å²) in [5.74, 6) is -2.47. The third kappa shape index (κ3) is 5.36. The van der Waals surface area contributed by atoms with E-state index in [4.69, 9.17) is 4.74 Å². The molecule has 3 heterocycles. The maximum absolute atomic E-state index is 14.0. The second-order valence-electron chi connectivity index (χ2n) is 9.57. The van der Waals surface area contributed by atoms with Gasteiger partial charge in [0.1, 0.15) is 11.6 Å². The highest BCUT2D eigenvalue weighted by Crippen LogP contribution is 2.29. The number of hydrogen-bond acceptors (Lipinski definition) is 5. The van der Waals surface area contributed by atoms with E-state index in [0.717, 1.165) is 18.0 Å². The van der Waals surface area contributed by atoms with Crippen LogP contribution in [0.15, 0.2) is 84.1 Å². The number of benzene rings is 2. The first kappa shape index (κ1) is 26.0. The molecule has 0 radical (unpaired) electrons. The number of rotatable bonds is 8. The maximum Gasteiger partial charge on any atom is 0.265 e. The summed E-state index contributed by atoms with van der Waals surface area (Å²) in [4.78, 5) is 22.8. The summed E-state index contributed by atoms with van der Waals surface area (Å²) in [5.41, 5.74) is 3.21. The zero-order valence-electron chi connectivity index (χ0n) is 21.6. The molecule has 0 fully saturated rings. The van der Waals surface area contributed by atoms with Crippen LogP contribution in [0.25, 0.3) is 38.8 Å². The lowest BCUT2D eigenvalue weighted by molar-refractivity contribution is 0.0367. The topological polar surface area (TPSA) is 74.0 Å². The van der Waals surface area contributed by atoms with Gasteiger partial charge >= 0.3 is 0 Å². The van der Waals surface area contributed by atoms with Crippen molar-refractivity contribution in [3.8, 4) is 22.6 Å². The normalized spacial score (nSPS) is 12.6. The van der Waals surface area contributed by atoms with E-state index < -0.39 is 18.8 Å². The quantitative estimate of drug-likeness (QED) is 0.239. The van der Waals surface area contributed by atoms with E-state index >= 15 is 0 Å². The van der Waals surface area contributed by atoms with Crippen LogP contribution in [-0.2, 0) is 7.05 Å². The number of alkyl halides is 3. The Morgan fingerprint density at radius 1 is 1.15 bits per heavy atom. The van der Waals surface area contributed by atoms with Crippen LogP contribution in [-0.4, -0.2) is 37.9 Å². The van der Waals surface area contributed by atoms with Gasteiger partial charge in [-0.3, -0.25) is 9.36 Å². The minimum atomic E-state index is -2.94. The van der Waals surface area contributed by atoms with Gasteiger partial charge in [-0.25, -0.2) is 18.7 Å². The Bertz CT molecular complexity index is 1750. The van der Waals surface area contributed by atoms with Crippen molar-refractivity contribution < 1.29 is 17.9 Å². The Labute approximate surface area is 222 Å². The number of anilines is 1. The number of ether oxygens (including phenoxy) is 1. The number of fused-ring (bicyclic) bond motifs is 2. The zero-order chi connectivity index (χ0) is 27.9. The fourth-order valence-corrected chi connectivity index (χ4v) is 4.17. The van der Waals surface area contributed by atoms with E-state index in [1.165, 1.54) is 11.5 Å². The van der Waals surface area contributed by atoms with Crippen molar-refractivity contribution in [1.82, 2.24) is 19.1 Å². The van der Waals surface area contributed by atoms with Gasteiger partial charge in [-0.2, -0.15) is 4.39 Å². The van der Waals surface area contributed by atoms with Gasteiger partial charge in [0.25, 0.3) is 17.8 Å². The average Bonchev–Trinajstić information content (AvgIpc) is 3.27. The number of nitrogens with zero attached hydrogens (tertiary/aromatic N) is 4. The molecule has 5 rings (SSSR count). The van der Waals surface area contributed by atoms with Gasteiger partial charge < -0.3 is 14.6 Å². The van der Waals surface area contributed by atoms with Crippen LogP contribution in [0.4, 0.5) is 19.0 Å². The predicted molar refractivity (Wildman–Crippen MR) is 146 cm³/mol. The highest BCUT2D eigenvalue weighted by molar-refractivity contribution is 5.94. The number of nitrogens with one attached hydrogen (secondary N) is 1. The molecule has 39 heavy (non-hydrogen) atoms. The van der Waals surface area contributed by atoms with Gasteiger partial charge in [0.05, 0.1) is 40.7 Å². The first-order valence-corrected chi connectivity index (χ1v) is 12.2. The Morgan fingerprint density at radius 3 is 2.59 bits per heavy atom. The zero-order valence-corrected chi connectivity index (χ0v) is 21.6. The number of pyridine rings is 2. The van der Waals surface area contributed by atoms with E-state index in [1.54, 1.807) is 55.0 Å². The first-order chi connectivity index (χ1) is 18.5. The largest absolute Gasteiger partial charge is 0.457 e. The van der Waals surface area contributed by atoms with Crippen LogP contribution in [0.2, 0.25) is 0 Å². The highest BCUT2D eigenvalue weighted by Gasteiger charge is 2.21. The summed E-state index contributed by atoms with van der Waals surface area (Å²) in [6.45, 7) is 5.27. The lowest BCUT2D eigenvalue weighted by Crippen LogP contribution is -2.23. The maximum atomic E-state index is 14.0. The fourth-order valence-electron chi connectivity index (χ4n) is 4.17. The van der Waals surface area contributed by atoms with Crippen LogP contribution in [0.5, 0.6) is 5.75 Å². The second-order valence-corrected chi connectivity index (χ2v) is 9.57. The molecule has 0 amide bonds. The fraction of sp³-hybridized carbons (Fsp3) is 0.207. The number of halogens is 3. The summed E-state index contributed by atoms with van der Waals surface area (Å²) < 4.78 is 49.6. The lowest BCUT2D eigenvalue weighted by Gasteiger charge is -2.16. The minimum Gasteiger partial charge on any atom is -0.457 e. The van der Waals surface area contributed by atoms with Gasteiger partial charge in [-0.15, -0.1) is 0 Å². The molecule has 0 aliphatic rings. The molecular formula is C29H26F3N5O2. The third-order valence-electron chi connectivity index (χ3n) is 6.20. The molecule has 0 bridgehead atoms. The molecule has 1 N–H and O–H groups in total. The van der Waals surface area contributed by atoms with Crippen molar-refractivity contribution in [1.29, 1.82) is 0 Å². The highest BCUT2D eigenvalue weighted by atomic mass is 19.3. The van der Waals surface area contributed by atoms with Crippen molar-refractivity contribution >= 4 is 27.8 Å². The smallest absolute Gasteiger partial charge is 0.265 e. The van der Waals surface area contributed by atoms with Gasteiger partial charge in [-0.05, 0) is 60.5 Å². The summed E-state index contributed by atoms with van der Waals surface area (Å²) in [7, 11) is 1.87. The van der Waals surface area contributed by atoms with Crippen LogP contribution in [0, 0.1) is 0 Å². The van der Waals surface area contributed by atoms with Crippen molar-refractivity contribution in [3.63, 3.8) is 0 Å². The number of hydrogen-bond donors (Lipinski definition) is 1. The predicted octanol–water partition coefficient (Wildman–Crippen LogP) is 6.26. The molecule has 7 nitrogen and oxygen atoms in total. The summed E-state index contributed by atoms with van der Waals surface area (Å²) in [6.07, 6.45) is 1.70. The monoisotopic (exact) mass is 533 g/mol. The third-order valence-corrected chi connectivity index (χ3v) is 6.20. The SMILES string of the molecule is C=C(C)C(F)Oc1ccc(-c2c(=O)n(-c3ccc4ncn(C)c4c3)cc3ccc(NCC(C)(F)F)nc23)cc1. The van der Waals surface area contributed by atoms with Crippen molar-refractivity contribution in [2.45, 2.75) is 26.1 Å². The molecular weight excluding hydrogens is 507 g/mol. The molecule has 1 atom stereocenters. The molecule has 0 aliphatic heterocycles. The van der Waals surface area contributed by atoms with Crippen LogP contribution in [0.1, 0.15) is 13.8 Å². The molecule has 2 aromatic carbocycles. The van der Waals surface area contributed by atoms with E-state index in [-0.39, 0.29) is 28.3 Å². The summed E-state index contributed by atoms with van der Waals surface area (Å²) in [6, 6.07) is 15.2. The molecule has 0 saturated heterocycles. The molecule has 1 unspecified atom stereocenters. The summed E-state index contributed by atoms with van der Waals surface area (Å²) in [5, 5.41) is 3.26. The van der Waals surface area contributed by atoms with Crippen LogP contribution >= 0.6 is 0 Å². The van der Waals surface area contributed by atoms with Crippen molar-refractivity contribution in [2.24, 2.45) is 7.05 Å². The Kier molecular flexibility index (Phi) is 6.63. The number of aromatic nitrogens is 4. The molecule has 0 spiro atoms. The van der Waals surface area contributed by atoms with E-state index in [2.05, 4.69) is 21.9 Å².